The van der Waals surface area contributed by atoms with Crippen molar-refractivity contribution in [3.63, 3.8) is 0 Å². The van der Waals surface area contributed by atoms with Gasteiger partial charge in [0.2, 0.25) is 0 Å². The summed E-state index contributed by atoms with van der Waals surface area (Å²) in [5.74, 6) is -0.751. The number of carbonyl (C=O) groups is 3. The third-order valence-corrected chi connectivity index (χ3v) is 6.44. The van der Waals surface area contributed by atoms with Gasteiger partial charge in [-0.25, -0.2) is 0 Å². The first-order chi connectivity index (χ1) is 14.4. The van der Waals surface area contributed by atoms with E-state index in [1.165, 1.54) is 4.90 Å². The van der Waals surface area contributed by atoms with Gasteiger partial charge >= 0.3 is 0 Å². The number of likely N-dealkylation sites (tertiary alicyclic amines) is 2. The van der Waals surface area contributed by atoms with E-state index in [0.29, 0.717) is 25.3 Å². The predicted molar refractivity (Wildman–Crippen MR) is 107 cm³/mol. The molecule has 4 atom stereocenters. The molecule has 30 heavy (non-hydrogen) atoms. The van der Waals surface area contributed by atoms with Crippen LogP contribution in [0.2, 0.25) is 0 Å². The maximum atomic E-state index is 12.7. The van der Waals surface area contributed by atoms with Crippen molar-refractivity contribution in [2.24, 2.45) is 17.6 Å². The molecule has 164 valence electrons. The smallest absolute Gasteiger partial charge is 0.275 e. The Bertz CT molecular complexity index is 742. The van der Waals surface area contributed by atoms with E-state index in [1.54, 1.807) is 17.0 Å². The van der Waals surface area contributed by atoms with E-state index in [1.807, 2.05) is 18.2 Å². The summed E-state index contributed by atoms with van der Waals surface area (Å²) in [6.45, 7) is 2.64. The number of aliphatic carboxylic acids is 1. The second kappa shape index (κ2) is 10.4. The van der Waals surface area contributed by atoms with Crippen LogP contribution in [0.1, 0.15) is 32.1 Å². The molecule has 0 aliphatic carbocycles. The Labute approximate surface area is 177 Å². The molecule has 2 aliphatic heterocycles. The highest BCUT2D eigenvalue weighted by Crippen LogP contribution is 2.29. The molecular formula is C22H31N3O5. The zero-order valence-electron chi connectivity index (χ0n) is 17.3. The summed E-state index contributed by atoms with van der Waals surface area (Å²) < 4.78 is 5.58. The van der Waals surface area contributed by atoms with Gasteiger partial charge in [-0.3, -0.25) is 9.59 Å². The first kappa shape index (κ1) is 22.1. The number of carboxylic acids is 1. The van der Waals surface area contributed by atoms with Gasteiger partial charge in [0.05, 0.1) is 13.1 Å². The largest absolute Gasteiger partial charge is 0.550 e. The van der Waals surface area contributed by atoms with E-state index in [4.69, 9.17) is 10.5 Å². The molecule has 3 N–H and O–H groups in total. The number of quaternary nitrogens is 1. The lowest BCUT2D eigenvalue weighted by atomic mass is 9.81. The minimum atomic E-state index is -1.05. The molecule has 2 heterocycles. The van der Waals surface area contributed by atoms with Gasteiger partial charge in [0.15, 0.2) is 12.6 Å². The fraction of sp³-hybridized carbons (Fsp3) is 0.591. The molecule has 0 bridgehead atoms. The quantitative estimate of drug-likeness (QED) is 0.512. The number of nitrogens with one attached hydrogen (secondary N) is 1. The minimum absolute atomic E-state index is 0.00178. The SMILES string of the molecule is NC(=O)[C@@H]1CCC[NH+]1CC[C@H]1CN(C(=O)COc2ccccc2)CC[C@H]1CC(=O)[O-]. The maximum absolute atomic E-state index is 12.7. The number of ether oxygens (including phenoxy) is 1. The highest BCUT2D eigenvalue weighted by molar-refractivity contribution is 5.78. The molecule has 0 aromatic heterocycles. The van der Waals surface area contributed by atoms with Crippen molar-refractivity contribution in [2.75, 3.05) is 32.8 Å². The molecular weight excluding hydrogens is 386 g/mol. The summed E-state index contributed by atoms with van der Waals surface area (Å²) in [5.41, 5.74) is 5.52. The molecule has 3 rings (SSSR count). The summed E-state index contributed by atoms with van der Waals surface area (Å²) in [6.07, 6.45) is 3.16. The van der Waals surface area contributed by atoms with Gasteiger partial charge in [0.25, 0.3) is 11.8 Å². The number of primary amides is 1. The Morgan fingerprint density at radius 3 is 2.63 bits per heavy atom. The number of carboxylic acid groups (broad SMARTS) is 1. The Morgan fingerprint density at radius 2 is 1.93 bits per heavy atom. The lowest BCUT2D eigenvalue weighted by Crippen LogP contribution is -3.15. The molecule has 0 spiro atoms. The molecule has 2 fully saturated rings. The average molecular weight is 418 g/mol. The first-order valence-corrected chi connectivity index (χ1v) is 10.7. The van der Waals surface area contributed by atoms with Crippen LogP contribution in [0.3, 0.4) is 0 Å². The molecule has 2 saturated heterocycles. The van der Waals surface area contributed by atoms with Crippen molar-refractivity contribution in [2.45, 2.75) is 38.1 Å². The van der Waals surface area contributed by atoms with E-state index in [0.717, 1.165) is 32.4 Å². The number of amides is 2. The summed E-state index contributed by atoms with van der Waals surface area (Å²) in [4.78, 5) is 38.5. The molecule has 0 radical (unpaired) electrons. The highest BCUT2D eigenvalue weighted by atomic mass is 16.5. The van der Waals surface area contributed by atoms with Crippen LogP contribution in [0.25, 0.3) is 0 Å². The number of para-hydroxylation sites is 1. The van der Waals surface area contributed by atoms with E-state index >= 15 is 0 Å². The van der Waals surface area contributed by atoms with Gasteiger partial charge in [-0.2, -0.15) is 0 Å². The van der Waals surface area contributed by atoms with E-state index in [-0.39, 0.29) is 42.7 Å². The van der Waals surface area contributed by atoms with Crippen LogP contribution in [0, 0.1) is 11.8 Å². The number of carbonyl (C=O) groups excluding carboxylic acids is 3. The van der Waals surface area contributed by atoms with Gasteiger partial charge in [-0.1, -0.05) is 18.2 Å². The van der Waals surface area contributed by atoms with Gasteiger partial charge < -0.3 is 30.2 Å². The lowest BCUT2D eigenvalue weighted by Gasteiger charge is -2.39. The second-order valence-corrected chi connectivity index (χ2v) is 8.37. The van der Waals surface area contributed by atoms with Crippen LogP contribution in [-0.4, -0.2) is 61.5 Å². The number of hydrogen-bond acceptors (Lipinski definition) is 5. The van der Waals surface area contributed by atoms with Crippen molar-refractivity contribution in [1.29, 1.82) is 0 Å². The maximum Gasteiger partial charge on any atom is 0.275 e. The topological polar surface area (TPSA) is 117 Å². The molecule has 1 unspecified atom stereocenters. The van der Waals surface area contributed by atoms with Crippen LogP contribution in [0.15, 0.2) is 30.3 Å². The van der Waals surface area contributed by atoms with E-state index in [9.17, 15) is 19.5 Å². The number of nitrogens with zero attached hydrogens (tertiary/aromatic N) is 1. The van der Waals surface area contributed by atoms with Crippen LogP contribution >= 0.6 is 0 Å². The van der Waals surface area contributed by atoms with E-state index in [2.05, 4.69) is 0 Å². The van der Waals surface area contributed by atoms with Crippen LogP contribution in [0.5, 0.6) is 5.75 Å². The third-order valence-electron chi connectivity index (χ3n) is 6.44. The lowest BCUT2D eigenvalue weighted by molar-refractivity contribution is -0.903. The van der Waals surface area contributed by atoms with Crippen molar-refractivity contribution in [1.82, 2.24) is 4.90 Å². The Kier molecular flexibility index (Phi) is 7.68. The number of nitrogens with two attached hydrogens (primary N) is 1. The molecule has 1 aromatic rings. The monoisotopic (exact) mass is 417 g/mol. The molecule has 8 heteroatoms. The van der Waals surface area contributed by atoms with Crippen molar-refractivity contribution in [3.8, 4) is 5.75 Å². The summed E-state index contributed by atoms with van der Waals surface area (Å²) in [5, 5.41) is 11.2. The summed E-state index contributed by atoms with van der Waals surface area (Å²) in [7, 11) is 0. The van der Waals surface area contributed by atoms with Gasteiger partial charge in [0, 0.05) is 38.3 Å². The standard InChI is InChI=1S/C22H31N3O5/c23-22(29)19-7-4-10-24(19)11-9-17-14-25(12-8-16(17)13-21(27)28)20(26)15-30-18-5-2-1-3-6-18/h1-3,5-6,16-17,19H,4,7-15H2,(H2,23,29)(H,27,28)/t16-,17-,19-/m0/s1. The van der Waals surface area contributed by atoms with Gasteiger partial charge in [-0.05, 0) is 36.8 Å². The molecule has 1 aromatic carbocycles. The zero-order valence-corrected chi connectivity index (χ0v) is 17.3. The van der Waals surface area contributed by atoms with Crippen LogP contribution in [-0.2, 0) is 14.4 Å². The Hall–Kier alpha value is -2.61. The highest BCUT2D eigenvalue weighted by Gasteiger charge is 2.36. The molecule has 8 nitrogen and oxygen atoms in total. The van der Waals surface area contributed by atoms with Gasteiger partial charge in [-0.15, -0.1) is 0 Å². The average Bonchev–Trinajstić information content (AvgIpc) is 3.20. The first-order valence-electron chi connectivity index (χ1n) is 10.7. The zero-order chi connectivity index (χ0) is 21.5. The summed E-state index contributed by atoms with van der Waals surface area (Å²) in [6, 6.07) is 9.02. The van der Waals surface area contributed by atoms with Crippen molar-refractivity contribution >= 4 is 17.8 Å². The summed E-state index contributed by atoms with van der Waals surface area (Å²) >= 11 is 0. The van der Waals surface area contributed by atoms with Crippen LogP contribution in [0.4, 0.5) is 0 Å². The van der Waals surface area contributed by atoms with Crippen molar-refractivity contribution < 1.29 is 29.1 Å². The van der Waals surface area contributed by atoms with Crippen molar-refractivity contribution in [3.05, 3.63) is 30.3 Å². The minimum Gasteiger partial charge on any atom is -0.550 e. The molecule has 2 aliphatic rings. The van der Waals surface area contributed by atoms with Gasteiger partial charge in [0.1, 0.15) is 5.75 Å². The Morgan fingerprint density at radius 1 is 1.17 bits per heavy atom. The third kappa shape index (κ3) is 5.95. The number of benzene rings is 1. The fourth-order valence-electron chi connectivity index (χ4n) is 4.80. The Balaban J connectivity index is 1.57. The van der Waals surface area contributed by atoms with Crippen LogP contribution < -0.4 is 20.5 Å². The fourth-order valence-corrected chi connectivity index (χ4v) is 4.80. The number of hydrogen-bond donors (Lipinski definition) is 2. The number of rotatable bonds is 9. The molecule has 2 amide bonds. The van der Waals surface area contributed by atoms with E-state index < -0.39 is 5.97 Å². The second-order valence-electron chi connectivity index (χ2n) is 8.37. The molecule has 0 saturated carbocycles. The number of piperidine rings is 1. The predicted octanol–water partition coefficient (Wildman–Crippen LogP) is -1.41. The normalized spacial score (nSPS) is 26.3.